The second-order valence-electron chi connectivity index (χ2n) is 7.45. The smallest absolute Gasteiger partial charge is 0.410 e. The van der Waals surface area contributed by atoms with Gasteiger partial charge in [-0.05, 0) is 26.0 Å². The van der Waals surface area contributed by atoms with Crippen molar-refractivity contribution in [2.75, 3.05) is 13.1 Å². The Hall–Kier alpha value is -3.74. The number of benzene rings is 1. The summed E-state index contributed by atoms with van der Waals surface area (Å²) in [5.74, 6) is -0.236. The van der Waals surface area contributed by atoms with E-state index in [1.165, 1.54) is 35.4 Å². The summed E-state index contributed by atoms with van der Waals surface area (Å²) in [6.45, 7) is 11.7. The molecule has 1 saturated heterocycles. The second-order valence-corrected chi connectivity index (χ2v) is 7.45. The van der Waals surface area contributed by atoms with E-state index in [0.29, 0.717) is 43.0 Å². The molecule has 2 aromatic heterocycles. The highest BCUT2D eigenvalue weighted by Crippen LogP contribution is 2.27. The van der Waals surface area contributed by atoms with E-state index >= 15 is 0 Å². The molecule has 1 fully saturated rings. The van der Waals surface area contributed by atoms with E-state index in [0.717, 1.165) is 0 Å². The lowest BCUT2D eigenvalue weighted by atomic mass is 10.1. The average molecular weight is 424 g/mol. The van der Waals surface area contributed by atoms with Crippen molar-refractivity contribution in [1.82, 2.24) is 24.4 Å². The van der Waals surface area contributed by atoms with E-state index in [1.54, 1.807) is 4.90 Å². The van der Waals surface area contributed by atoms with Crippen molar-refractivity contribution in [2.45, 2.75) is 38.9 Å². The normalized spacial score (nSPS) is 14.6. The van der Waals surface area contributed by atoms with Gasteiger partial charge in [0.1, 0.15) is 24.6 Å². The van der Waals surface area contributed by atoms with Gasteiger partial charge < -0.3 is 14.4 Å². The summed E-state index contributed by atoms with van der Waals surface area (Å²) in [6.07, 6.45) is 3.44. The summed E-state index contributed by atoms with van der Waals surface area (Å²) in [6, 6.07) is 4.22. The van der Waals surface area contributed by atoms with Crippen molar-refractivity contribution in [3.8, 4) is 11.6 Å². The number of fused-ring (bicyclic) bond motifs is 1. The Morgan fingerprint density at radius 2 is 2.03 bits per heavy atom. The molecule has 1 aromatic carbocycles. The van der Waals surface area contributed by atoms with E-state index in [4.69, 9.17) is 16.0 Å². The highest BCUT2D eigenvalue weighted by molar-refractivity contribution is 5.78. The van der Waals surface area contributed by atoms with Gasteiger partial charge in [-0.25, -0.2) is 24.0 Å². The van der Waals surface area contributed by atoms with Crippen molar-refractivity contribution in [3.05, 3.63) is 48.1 Å². The number of rotatable bonds is 4. The molecule has 1 amide bonds. The van der Waals surface area contributed by atoms with Crippen LogP contribution in [0.2, 0.25) is 0 Å². The van der Waals surface area contributed by atoms with Crippen LogP contribution in [0.5, 0.6) is 5.88 Å². The Bertz CT molecular complexity index is 1150. The third-order valence-electron chi connectivity index (χ3n) is 4.93. The number of ether oxygens (including phenoxy) is 2. The number of piperidine rings is 1. The summed E-state index contributed by atoms with van der Waals surface area (Å²) in [5.41, 5.74) is 1.26. The quantitative estimate of drug-likeness (QED) is 0.591. The standard InChI is InChI=1S/C21H21FN6O3/c1-13(2)30-21(29)27-8-6-15(7-9-27)31-20-18-19(24-11-25-20)28(12-26-18)17-5-4-14(23-3)10-16(17)22/h4-5,10-13,15H,6-9H2,1-2H3. The number of imidazole rings is 1. The Morgan fingerprint density at radius 1 is 1.26 bits per heavy atom. The molecule has 0 radical (unpaired) electrons. The van der Waals surface area contributed by atoms with Crippen molar-refractivity contribution in [3.63, 3.8) is 0 Å². The van der Waals surface area contributed by atoms with Gasteiger partial charge in [-0.2, -0.15) is 4.98 Å². The first kappa shape index (κ1) is 20.5. The monoisotopic (exact) mass is 424 g/mol. The first-order valence-electron chi connectivity index (χ1n) is 9.94. The Morgan fingerprint density at radius 3 is 2.71 bits per heavy atom. The summed E-state index contributed by atoms with van der Waals surface area (Å²) >= 11 is 0. The van der Waals surface area contributed by atoms with Crippen LogP contribution < -0.4 is 4.74 Å². The van der Waals surface area contributed by atoms with Gasteiger partial charge in [-0.3, -0.25) is 4.57 Å². The zero-order valence-corrected chi connectivity index (χ0v) is 17.2. The molecular formula is C21H21FN6O3. The SMILES string of the molecule is [C-]#[N+]c1ccc(-n2cnc3c(OC4CCN(C(=O)OC(C)C)CC4)ncnc32)c(F)c1. The lowest BCUT2D eigenvalue weighted by molar-refractivity contribution is 0.0510. The number of nitrogens with zero attached hydrogens (tertiary/aromatic N) is 6. The number of likely N-dealkylation sites (tertiary alicyclic amines) is 1. The number of hydrogen-bond acceptors (Lipinski definition) is 6. The van der Waals surface area contributed by atoms with E-state index in [2.05, 4.69) is 19.8 Å². The number of amides is 1. The number of carbonyl (C=O) groups is 1. The van der Waals surface area contributed by atoms with Crippen LogP contribution in [-0.2, 0) is 4.74 Å². The fourth-order valence-electron chi connectivity index (χ4n) is 3.43. The lowest BCUT2D eigenvalue weighted by Gasteiger charge is -2.31. The maximum Gasteiger partial charge on any atom is 0.410 e. The largest absolute Gasteiger partial charge is 0.473 e. The second kappa shape index (κ2) is 8.55. The predicted octanol–water partition coefficient (Wildman–Crippen LogP) is 3.89. The van der Waals surface area contributed by atoms with Gasteiger partial charge in [0.15, 0.2) is 16.9 Å². The average Bonchev–Trinajstić information content (AvgIpc) is 3.18. The number of halogens is 1. The maximum atomic E-state index is 14.5. The first-order chi connectivity index (χ1) is 15.0. The molecule has 1 aliphatic heterocycles. The van der Waals surface area contributed by atoms with Gasteiger partial charge >= 0.3 is 6.09 Å². The van der Waals surface area contributed by atoms with Crippen molar-refractivity contribution in [1.29, 1.82) is 0 Å². The van der Waals surface area contributed by atoms with Crippen LogP contribution in [0.3, 0.4) is 0 Å². The Labute approximate surface area is 178 Å². The van der Waals surface area contributed by atoms with Crippen LogP contribution in [0, 0.1) is 12.4 Å². The fraction of sp³-hybridized carbons (Fsp3) is 0.381. The molecule has 0 aliphatic carbocycles. The van der Waals surface area contributed by atoms with E-state index < -0.39 is 5.82 Å². The van der Waals surface area contributed by atoms with Crippen LogP contribution in [0.25, 0.3) is 21.7 Å². The van der Waals surface area contributed by atoms with Crippen molar-refractivity contribution < 1.29 is 18.7 Å². The molecule has 0 N–H and O–H groups in total. The minimum absolute atomic E-state index is 0.138. The first-order valence-corrected chi connectivity index (χ1v) is 9.94. The molecule has 0 spiro atoms. The molecule has 3 aromatic rings. The van der Waals surface area contributed by atoms with Gasteiger partial charge in [0, 0.05) is 25.9 Å². The zero-order chi connectivity index (χ0) is 22.0. The van der Waals surface area contributed by atoms with Gasteiger partial charge in [0.2, 0.25) is 5.88 Å². The molecule has 10 heteroatoms. The van der Waals surface area contributed by atoms with Gasteiger partial charge in [-0.15, -0.1) is 0 Å². The molecule has 0 saturated carbocycles. The van der Waals surface area contributed by atoms with Gasteiger partial charge in [0.25, 0.3) is 0 Å². The highest BCUT2D eigenvalue weighted by Gasteiger charge is 2.26. The summed E-state index contributed by atoms with van der Waals surface area (Å²) < 4.78 is 27.3. The Balaban J connectivity index is 1.51. The molecule has 31 heavy (non-hydrogen) atoms. The third-order valence-corrected chi connectivity index (χ3v) is 4.93. The molecule has 4 rings (SSSR count). The van der Waals surface area contributed by atoms with Crippen LogP contribution in [0.15, 0.2) is 30.9 Å². The van der Waals surface area contributed by atoms with Crippen molar-refractivity contribution in [2.24, 2.45) is 0 Å². The van der Waals surface area contributed by atoms with E-state index in [1.807, 2.05) is 13.8 Å². The molecule has 160 valence electrons. The molecular weight excluding hydrogens is 403 g/mol. The Kier molecular flexibility index (Phi) is 5.66. The fourth-order valence-corrected chi connectivity index (χ4v) is 3.43. The van der Waals surface area contributed by atoms with Gasteiger partial charge in [-0.1, -0.05) is 6.07 Å². The highest BCUT2D eigenvalue weighted by atomic mass is 19.1. The third kappa shape index (κ3) is 4.26. The van der Waals surface area contributed by atoms with Crippen LogP contribution in [0.4, 0.5) is 14.9 Å². The molecule has 0 atom stereocenters. The van der Waals surface area contributed by atoms with E-state index in [-0.39, 0.29) is 29.7 Å². The summed E-state index contributed by atoms with van der Waals surface area (Å²) in [5, 5.41) is 0. The van der Waals surface area contributed by atoms with Crippen LogP contribution in [-0.4, -0.2) is 55.8 Å². The van der Waals surface area contributed by atoms with Gasteiger partial charge in [0.05, 0.1) is 18.4 Å². The van der Waals surface area contributed by atoms with E-state index in [9.17, 15) is 9.18 Å². The van der Waals surface area contributed by atoms with Crippen LogP contribution in [0.1, 0.15) is 26.7 Å². The number of carbonyl (C=O) groups excluding carboxylic acids is 1. The number of aromatic nitrogens is 4. The molecule has 1 aliphatic rings. The maximum absolute atomic E-state index is 14.5. The number of hydrogen-bond donors (Lipinski definition) is 0. The molecule has 0 unspecified atom stereocenters. The summed E-state index contributed by atoms with van der Waals surface area (Å²) in [7, 11) is 0. The zero-order valence-electron chi connectivity index (χ0n) is 17.2. The summed E-state index contributed by atoms with van der Waals surface area (Å²) in [4.78, 5) is 29.7. The topological polar surface area (TPSA) is 86.7 Å². The lowest BCUT2D eigenvalue weighted by Crippen LogP contribution is -2.42. The minimum Gasteiger partial charge on any atom is -0.473 e. The molecule has 0 bridgehead atoms. The van der Waals surface area contributed by atoms with Crippen LogP contribution >= 0.6 is 0 Å². The molecule has 3 heterocycles. The minimum atomic E-state index is -0.547. The predicted molar refractivity (Wildman–Crippen MR) is 110 cm³/mol. The molecule has 9 nitrogen and oxygen atoms in total. The van der Waals surface area contributed by atoms with Crippen molar-refractivity contribution >= 4 is 22.9 Å².